The van der Waals surface area contributed by atoms with E-state index in [-0.39, 0.29) is 12.1 Å². The van der Waals surface area contributed by atoms with E-state index in [2.05, 4.69) is 47.7 Å². The zero-order valence-electron chi connectivity index (χ0n) is 11.2. The van der Waals surface area contributed by atoms with Crippen molar-refractivity contribution in [2.45, 2.75) is 38.8 Å². The molecule has 0 saturated heterocycles. The van der Waals surface area contributed by atoms with E-state index in [1.165, 1.54) is 5.56 Å². The highest BCUT2D eigenvalue weighted by atomic mass is 15.1. The summed E-state index contributed by atoms with van der Waals surface area (Å²) in [7, 11) is 0. The monoisotopic (exact) mass is 243 g/mol. The van der Waals surface area contributed by atoms with Crippen molar-refractivity contribution < 1.29 is 0 Å². The van der Waals surface area contributed by atoms with E-state index < -0.39 is 0 Å². The molecule has 0 amide bonds. The van der Waals surface area contributed by atoms with Crippen LogP contribution in [-0.4, -0.2) is 15.6 Å². The first-order chi connectivity index (χ1) is 8.61. The van der Waals surface area contributed by atoms with E-state index in [4.69, 9.17) is 5.73 Å². The van der Waals surface area contributed by atoms with Crippen LogP contribution in [-0.2, 0) is 0 Å². The SMILES string of the molecule is CC(C)c1nccn1C(c1ccccc1)C(C)N. The van der Waals surface area contributed by atoms with Crippen LogP contribution in [0.25, 0.3) is 0 Å². The molecule has 2 unspecified atom stereocenters. The van der Waals surface area contributed by atoms with Crippen molar-refractivity contribution >= 4 is 0 Å². The van der Waals surface area contributed by atoms with Gasteiger partial charge in [0.15, 0.2) is 0 Å². The van der Waals surface area contributed by atoms with Gasteiger partial charge in [-0.2, -0.15) is 0 Å². The van der Waals surface area contributed by atoms with Crippen LogP contribution in [0.15, 0.2) is 42.7 Å². The maximum absolute atomic E-state index is 6.18. The van der Waals surface area contributed by atoms with E-state index in [9.17, 15) is 0 Å². The van der Waals surface area contributed by atoms with E-state index in [1.54, 1.807) is 0 Å². The fourth-order valence-electron chi connectivity index (χ4n) is 2.37. The van der Waals surface area contributed by atoms with Crippen molar-refractivity contribution in [2.75, 3.05) is 0 Å². The molecule has 1 heterocycles. The van der Waals surface area contributed by atoms with Crippen LogP contribution < -0.4 is 5.73 Å². The molecule has 0 bridgehead atoms. The Labute approximate surface area is 109 Å². The Kier molecular flexibility index (Phi) is 3.82. The molecule has 0 spiro atoms. The van der Waals surface area contributed by atoms with Gasteiger partial charge in [0.25, 0.3) is 0 Å². The molecule has 2 N–H and O–H groups in total. The summed E-state index contributed by atoms with van der Waals surface area (Å²) < 4.78 is 2.20. The second-order valence-electron chi connectivity index (χ2n) is 5.06. The minimum absolute atomic E-state index is 0.0408. The van der Waals surface area contributed by atoms with Crippen LogP contribution in [0.3, 0.4) is 0 Å². The van der Waals surface area contributed by atoms with Crippen molar-refractivity contribution in [3.8, 4) is 0 Å². The Bertz CT molecular complexity index is 485. The first kappa shape index (κ1) is 12.8. The lowest BCUT2D eigenvalue weighted by atomic mass is 10.00. The van der Waals surface area contributed by atoms with Crippen molar-refractivity contribution in [3.63, 3.8) is 0 Å². The number of aromatic nitrogens is 2. The topological polar surface area (TPSA) is 43.8 Å². The zero-order chi connectivity index (χ0) is 13.1. The van der Waals surface area contributed by atoms with E-state index in [1.807, 2.05) is 25.4 Å². The van der Waals surface area contributed by atoms with Gasteiger partial charge in [-0.05, 0) is 12.5 Å². The minimum Gasteiger partial charge on any atom is -0.326 e. The molecule has 96 valence electrons. The molecular weight excluding hydrogens is 222 g/mol. The first-order valence-electron chi connectivity index (χ1n) is 6.44. The normalized spacial score (nSPS) is 14.7. The zero-order valence-corrected chi connectivity index (χ0v) is 11.2. The molecule has 2 aromatic rings. The molecule has 3 nitrogen and oxygen atoms in total. The van der Waals surface area contributed by atoms with Crippen molar-refractivity contribution in [3.05, 3.63) is 54.1 Å². The molecule has 2 atom stereocenters. The third kappa shape index (κ3) is 2.46. The average molecular weight is 243 g/mol. The van der Waals surface area contributed by atoms with Gasteiger partial charge in [0, 0.05) is 24.4 Å². The number of hydrogen-bond donors (Lipinski definition) is 1. The third-order valence-corrected chi connectivity index (χ3v) is 3.15. The average Bonchev–Trinajstić information content (AvgIpc) is 2.79. The second-order valence-corrected chi connectivity index (χ2v) is 5.06. The molecule has 0 aliphatic rings. The molecule has 0 radical (unpaired) electrons. The molecule has 3 heteroatoms. The van der Waals surface area contributed by atoms with Gasteiger partial charge in [-0.3, -0.25) is 0 Å². The number of hydrogen-bond acceptors (Lipinski definition) is 2. The highest BCUT2D eigenvalue weighted by molar-refractivity contribution is 5.23. The van der Waals surface area contributed by atoms with Gasteiger partial charge in [0.05, 0.1) is 6.04 Å². The smallest absolute Gasteiger partial charge is 0.111 e. The fourth-order valence-corrected chi connectivity index (χ4v) is 2.37. The number of rotatable bonds is 4. The number of nitrogens with two attached hydrogens (primary N) is 1. The summed E-state index contributed by atoms with van der Waals surface area (Å²) in [6.07, 6.45) is 3.88. The van der Waals surface area contributed by atoms with Gasteiger partial charge in [0.2, 0.25) is 0 Å². The van der Waals surface area contributed by atoms with E-state index in [0.717, 1.165) is 5.82 Å². The first-order valence-corrected chi connectivity index (χ1v) is 6.44. The summed E-state index contributed by atoms with van der Waals surface area (Å²) in [5, 5.41) is 0. The number of nitrogens with zero attached hydrogens (tertiary/aromatic N) is 2. The second kappa shape index (κ2) is 5.36. The summed E-state index contributed by atoms with van der Waals surface area (Å²) in [6.45, 7) is 6.35. The van der Waals surface area contributed by atoms with Gasteiger partial charge in [-0.25, -0.2) is 4.98 Å². The molecule has 1 aromatic heterocycles. The fraction of sp³-hybridized carbons (Fsp3) is 0.400. The van der Waals surface area contributed by atoms with Crippen LogP contribution in [0.4, 0.5) is 0 Å². The molecule has 18 heavy (non-hydrogen) atoms. The Morgan fingerprint density at radius 1 is 1.11 bits per heavy atom. The van der Waals surface area contributed by atoms with Crippen LogP contribution in [0.5, 0.6) is 0 Å². The lowest BCUT2D eigenvalue weighted by Gasteiger charge is -2.25. The highest BCUT2D eigenvalue weighted by Crippen LogP contribution is 2.25. The molecule has 0 fully saturated rings. The lowest BCUT2D eigenvalue weighted by Crippen LogP contribution is -2.31. The molecule has 0 aliphatic heterocycles. The molecule has 0 saturated carbocycles. The quantitative estimate of drug-likeness (QED) is 0.897. The Balaban J connectivity index is 2.46. The van der Waals surface area contributed by atoms with Gasteiger partial charge < -0.3 is 10.3 Å². The van der Waals surface area contributed by atoms with Crippen LogP contribution in [0, 0.1) is 0 Å². The van der Waals surface area contributed by atoms with Crippen molar-refractivity contribution in [2.24, 2.45) is 5.73 Å². The summed E-state index contributed by atoms with van der Waals surface area (Å²) in [6, 6.07) is 10.6. The van der Waals surface area contributed by atoms with Gasteiger partial charge in [-0.1, -0.05) is 44.2 Å². The molecule has 2 rings (SSSR count). The van der Waals surface area contributed by atoms with Gasteiger partial charge in [0.1, 0.15) is 5.82 Å². The van der Waals surface area contributed by atoms with Crippen LogP contribution >= 0.6 is 0 Å². The minimum atomic E-state index is 0.0408. The molecule has 1 aromatic carbocycles. The summed E-state index contributed by atoms with van der Waals surface area (Å²) in [5.74, 6) is 1.48. The van der Waals surface area contributed by atoms with Crippen LogP contribution in [0.1, 0.15) is 44.1 Å². The molecule has 0 aliphatic carbocycles. The molecular formula is C15H21N3. The third-order valence-electron chi connectivity index (χ3n) is 3.15. The largest absolute Gasteiger partial charge is 0.326 e. The predicted molar refractivity (Wildman–Crippen MR) is 74.5 cm³/mol. The van der Waals surface area contributed by atoms with Gasteiger partial charge in [-0.15, -0.1) is 0 Å². The number of imidazole rings is 1. The summed E-state index contributed by atoms with van der Waals surface area (Å²) >= 11 is 0. The highest BCUT2D eigenvalue weighted by Gasteiger charge is 2.21. The van der Waals surface area contributed by atoms with Crippen LogP contribution in [0.2, 0.25) is 0 Å². The Hall–Kier alpha value is -1.61. The van der Waals surface area contributed by atoms with Crippen molar-refractivity contribution in [1.29, 1.82) is 0 Å². The Morgan fingerprint density at radius 2 is 1.78 bits per heavy atom. The van der Waals surface area contributed by atoms with E-state index in [0.29, 0.717) is 5.92 Å². The Morgan fingerprint density at radius 3 is 2.33 bits per heavy atom. The number of benzene rings is 1. The maximum atomic E-state index is 6.18. The van der Waals surface area contributed by atoms with Crippen molar-refractivity contribution in [1.82, 2.24) is 9.55 Å². The standard InChI is InChI=1S/C15H21N3/c1-11(2)15-17-9-10-18(15)14(12(3)16)13-7-5-4-6-8-13/h4-12,14H,16H2,1-3H3. The maximum Gasteiger partial charge on any atom is 0.111 e. The lowest BCUT2D eigenvalue weighted by molar-refractivity contribution is 0.471. The summed E-state index contributed by atoms with van der Waals surface area (Å²) in [4.78, 5) is 4.45. The predicted octanol–water partition coefficient (Wildman–Crippen LogP) is 2.94. The summed E-state index contributed by atoms with van der Waals surface area (Å²) in [5.41, 5.74) is 7.41. The van der Waals surface area contributed by atoms with Gasteiger partial charge >= 0.3 is 0 Å². The van der Waals surface area contributed by atoms with E-state index >= 15 is 0 Å².